The van der Waals surface area contributed by atoms with Crippen LogP contribution in [0.2, 0.25) is 0 Å². The first-order valence-electron chi connectivity index (χ1n) is 6.07. The van der Waals surface area contributed by atoms with Gasteiger partial charge in [-0.05, 0) is 36.8 Å². The van der Waals surface area contributed by atoms with Crippen LogP contribution in [0.5, 0.6) is 0 Å². The molecule has 0 saturated heterocycles. The van der Waals surface area contributed by atoms with Crippen molar-refractivity contribution in [1.82, 2.24) is 4.98 Å². The van der Waals surface area contributed by atoms with Crippen LogP contribution < -0.4 is 0 Å². The maximum atomic E-state index is 11.4. The average molecular weight is 303 g/mol. The molecule has 0 spiro atoms. The van der Waals surface area contributed by atoms with Gasteiger partial charge in [-0.1, -0.05) is 17.8 Å². The lowest BCUT2D eigenvalue weighted by atomic mass is 10.1. The van der Waals surface area contributed by atoms with E-state index in [4.69, 9.17) is 5.11 Å². The fourth-order valence-electron chi connectivity index (χ4n) is 1.72. The van der Waals surface area contributed by atoms with Gasteiger partial charge in [0.2, 0.25) is 0 Å². The van der Waals surface area contributed by atoms with Gasteiger partial charge in [0.25, 0.3) is 0 Å². The molecule has 108 valence electrons. The number of aromatic carboxylic acids is 1. The van der Waals surface area contributed by atoms with Crippen LogP contribution in [0.15, 0.2) is 46.3 Å². The molecule has 0 aliphatic carbocycles. The molecule has 0 unspecified atom stereocenters. The summed E-state index contributed by atoms with van der Waals surface area (Å²) in [5.74, 6) is -1.47. The van der Waals surface area contributed by atoms with E-state index in [1.54, 1.807) is 31.2 Å². The first-order chi connectivity index (χ1) is 10.0. The number of hydrogen-bond donors (Lipinski definition) is 1. The predicted octanol–water partition coefficient (Wildman–Crippen LogP) is 3.03. The topological polar surface area (TPSA) is 76.5 Å². The van der Waals surface area contributed by atoms with Crippen molar-refractivity contribution in [2.45, 2.75) is 16.7 Å². The molecule has 0 amide bonds. The van der Waals surface area contributed by atoms with Crippen LogP contribution in [0.1, 0.15) is 26.4 Å². The molecule has 0 fully saturated rings. The number of rotatable bonds is 4. The Morgan fingerprint density at radius 3 is 2.57 bits per heavy atom. The zero-order chi connectivity index (χ0) is 15.4. The highest BCUT2D eigenvalue weighted by Crippen LogP contribution is 2.29. The number of nitrogens with zero attached hydrogens (tertiary/aromatic N) is 1. The summed E-state index contributed by atoms with van der Waals surface area (Å²) in [5, 5.41) is 9.12. The fourth-order valence-corrected chi connectivity index (χ4v) is 2.61. The van der Waals surface area contributed by atoms with Gasteiger partial charge in [0.1, 0.15) is 5.69 Å². The Balaban J connectivity index is 2.28. The van der Waals surface area contributed by atoms with Crippen molar-refractivity contribution in [3.05, 3.63) is 53.3 Å². The SMILES string of the molecule is COC(=O)c1cc(Sc2ccc(C)c(C(=O)O)c2)ccn1. The Kier molecular flexibility index (Phi) is 4.59. The summed E-state index contributed by atoms with van der Waals surface area (Å²) in [7, 11) is 1.29. The summed E-state index contributed by atoms with van der Waals surface area (Å²) in [6.07, 6.45) is 1.51. The Hall–Kier alpha value is -2.34. The summed E-state index contributed by atoms with van der Waals surface area (Å²) in [5.41, 5.74) is 1.19. The van der Waals surface area contributed by atoms with Crippen molar-refractivity contribution >= 4 is 23.7 Å². The smallest absolute Gasteiger partial charge is 0.356 e. The third kappa shape index (κ3) is 3.61. The Morgan fingerprint density at radius 1 is 1.19 bits per heavy atom. The molecule has 1 heterocycles. The van der Waals surface area contributed by atoms with Crippen LogP contribution in [0.3, 0.4) is 0 Å². The van der Waals surface area contributed by atoms with E-state index in [0.717, 1.165) is 9.79 Å². The fraction of sp³-hybridized carbons (Fsp3) is 0.133. The van der Waals surface area contributed by atoms with Gasteiger partial charge in [-0.15, -0.1) is 0 Å². The van der Waals surface area contributed by atoms with E-state index in [9.17, 15) is 9.59 Å². The molecule has 5 nitrogen and oxygen atoms in total. The van der Waals surface area contributed by atoms with E-state index in [-0.39, 0.29) is 11.3 Å². The van der Waals surface area contributed by atoms with Crippen molar-refractivity contribution < 1.29 is 19.4 Å². The largest absolute Gasteiger partial charge is 0.478 e. The van der Waals surface area contributed by atoms with Crippen LogP contribution in [-0.2, 0) is 4.74 Å². The first kappa shape index (κ1) is 15.1. The van der Waals surface area contributed by atoms with Gasteiger partial charge in [-0.25, -0.2) is 14.6 Å². The highest BCUT2D eigenvalue weighted by atomic mass is 32.2. The Bertz CT molecular complexity index is 700. The second kappa shape index (κ2) is 6.41. The Morgan fingerprint density at radius 2 is 1.90 bits per heavy atom. The van der Waals surface area contributed by atoms with Crippen molar-refractivity contribution in [1.29, 1.82) is 0 Å². The highest BCUT2D eigenvalue weighted by molar-refractivity contribution is 7.99. The number of hydrogen-bond acceptors (Lipinski definition) is 5. The van der Waals surface area contributed by atoms with Gasteiger partial charge in [0.15, 0.2) is 0 Å². The summed E-state index contributed by atoms with van der Waals surface area (Å²) in [4.78, 5) is 28.1. The van der Waals surface area contributed by atoms with Gasteiger partial charge in [0.05, 0.1) is 12.7 Å². The van der Waals surface area contributed by atoms with E-state index in [1.807, 2.05) is 6.07 Å². The van der Waals surface area contributed by atoms with Crippen LogP contribution in [0.4, 0.5) is 0 Å². The third-order valence-electron chi connectivity index (χ3n) is 2.80. The molecule has 0 bridgehead atoms. The second-order valence-electron chi connectivity index (χ2n) is 4.25. The molecule has 1 aromatic heterocycles. The standard InChI is InChI=1S/C15H13NO4S/c1-9-3-4-10(7-12(9)14(17)18)21-11-5-6-16-13(8-11)15(19)20-2/h3-8H,1-2H3,(H,17,18). The number of pyridine rings is 1. The van der Waals surface area contributed by atoms with E-state index >= 15 is 0 Å². The van der Waals surface area contributed by atoms with Gasteiger partial charge in [0, 0.05) is 16.0 Å². The number of carbonyl (C=O) groups excluding carboxylic acids is 1. The van der Waals surface area contributed by atoms with E-state index < -0.39 is 11.9 Å². The third-order valence-corrected chi connectivity index (χ3v) is 3.78. The number of aromatic nitrogens is 1. The van der Waals surface area contributed by atoms with Gasteiger partial charge < -0.3 is 9.84 Å². The zero-order valence-electron chi connectivity index (χ0n) is 11.5. The average Bonchev–Trinajstić information content (AvgIpc) is 2.48. The molecular weight excluding hydrogens is 290 g/mol. The summed E-state index contributed by atoms with van der Waals surface area (Å²) in [6, 6.07) is 8.56. The lowest BCUT2D eigenvalue weighted by Gasteiger charge is -2.06. The molecule has 2 rings (SSSR count). The molecule has 0 aliphatic rings. The second-order valence-corrected chi connectivity index (χ2v) is 5.40. The lowest BCUT2D eigenvalue weighted by molar-refractivity contribution is 0.0593. The zero-order valence-corrected chi connectivity index (χ0v) is 12.3. The van der Waals surface area contributed by atoms with Gasteiger partial charge in [-0.3, -0.25) is 0 Å². The number of carboxylic acids is 1. The van der Waals surface area contributed by atoms with Crippen molar-refractivity contribution in [3.8, 4) is 0 Å². The molecule has 1 N–H and O–H groups in total. The van der Waals surface area contributed by atoms with Gasteiger partial charge in [-0.2, -0.15) is 0 Å². The van der Waals surface area contributed by atoms with Crippen LogP contribution in [0.25, 0.3) is 0 Å². The van der Waals surface area contributed by atoms with Crippen LogP contribution in [-0.4, -0.2) is 29.1 Å². The first-order valence-corrected chi connectivity index (χ1v) is 6.89. The minimum atomic E-state index is -0.958. The van der Waals surface area contributed by atoms with E-state index in [0.29, 0.717) is 5.56 Å². The maximum absolute atomic E-state index is 11.4. The number of esters is 1. The summed E-state index contributed by atoms with van der Waals surface area (Å²) >= 11 is 1.36. The minimum Gasteiger partial charge on any atom is -0.478 e. The number of carbonyl (C=O) groups is 2. The summed E-state index contributed by atoms with van der Waals surface area (Å²) in [6.45, 7) is 1.75. The quantitative estimate of drug-likeness (QED) is 0.875. The van der Waals surface area contributed by atoms with Crippen LogP contribution >= 0.6 is 11.8 Å². The lowest BCUT2D eigenvalue weighted by Crippen LogP contribution is -2.03. The van der Waals surface area contributed by atoms with Gasteiger partial charge >= 0.3 is 11.9 Å². The van der Waals surface area contributed by atoms with Crippen molar-refractivity contribution in [3.63, 3.8) is 0 Å². The number of aryl methyl sites for hydroxylation is 1. The maximum Gasteiger partial charge on any atom is 0.356 e. The normalized spacial score (nSPS) is 10.2. The molecule has 0 atom stereocenters. The van der Waals surface area contributed by atoms with E-state index in [1.165, 1.54) is 25.1 Å². The summed E-state index contributed by atoms with van der Waals surface area (Å²) < 4.78 is 4.62. The molecule has 2 aromatic rings. The molecule has 0 saturated carbocycles. The Labute approximate surface area is 126 Å². The minimum absolute atomic E-state index is 0.216. The number of ether oxygens (including phenoxy) is 1. The molecule has 1 aromatic carbocycles. The predicted molar refractivity (Wildman–Crippen MR) is 77.8 cm³/mol. The number of benzene rings is 1. The molecular formula is C15H13NO4S. The number of methoxy groups -OCH3 is 1. The number of carboxylic acid groups (broad SMARTS) is 1. The molecule has 6 heteroatoms. The van der Waals surface area contributed by atoms with E-state index in [2.05, 4.69) is 9.72 Å². The van der Waals surface area contributed by atoms with Crippen LogP contribution in [0, 0.1) is 6.92 Å². The molecule has 0 aliphatic heterocycles. The molecule has 21 heavy (non-hydrogen) atoms. The van der Waals surface area contributed by atoms with Crippen molar-refractivity contribution in [2.24, 2.45) is 0 Å². The monoisotopic (exact) mass is 303 g/mol. The van der Waals surface area contributed by atoms with Crippen molar-refractivity contribution in [2.75, 3.05) is 7.11 Å². The highest BCUT2D eigenvalue weighted by Gasteiger charge is 2.11. The molecule has 0 radical (unpaired) electrons.